The topological polar surface area (TPSA) is 201 Å². The van der Waals surface area contributed by atoms with E-state index in [0.29, 0.717) is 6.42 Å². The first-order valence-corrected chi connectivity index (χ1v) is 10.7. The summed E-state index contributed by atoms with van der Waals surface area (Å²) < 4.78 is 22.1. The molecule has 5 atom stereocenters. The van der Waals surface area contributed by atoms with E-state index in [9.17, 15) is 19.6 Å². The Hall–Kier alpha value is -2.03. The Morgan fingerprint density at radius 3 is 2.83 bits per heavy atom. The fourth-order valence-corrected chi connectivity index (χ4v) is 3.85. The number of aliphatic hydroxyl groups excluding tert-OH is 2. The van der Waals surface area contributed by atoms with Crippen LogP contribution in [0.2, 0.25) is 0 Å². The van der Waals surface area contributed by atoms with Gasteiger partial charge < -0.3 is 35.4 Å². The summed E-state index contributed by atoms with van der Waals surface area (Å²) in [5.74, 6) is -0.0591. The van der Waals surface area contributed by atoms with Crippen molar-refractivity contribution in [2.24, 2.45) is 0 Å². The maximum absolute atomic E-state index is 12.4. The molecule has 164 valence electrons. The minimum atomic E-state index is -4.77. The molecule has 0 aromatic carbocycles. The fourth-order valence-electron chi connectivity index (χ4n) is 3.51. The molecular formula is C15H21N6O8P. The van der Waals surface area contributed by atoms with Gasteiger partial charge in [-0.25, -0.2) is 19.5 Å². The number of nitrogens with one attached hydrogen (secondary N) is 2. The number of hydrogen-bond donors (Lipinski definition) is 6. The van der Waals surface area contributed by atoms with Gasteiger partial charge in [0, 0.05) is 0 Å². The van der Waals surface area contributed by atoms with E-state index < -0.39 is 39.0 Å². The maximum atomic E-state index is 12.4. The van der Waals surface area contributed by atoms with Gasteiger partial charge in [0.05, 0.1) is 19.0 Å². The lowest BCUT2D eigenvalue weighted by Crippen LogP contribution is -2.35. The van der Waals surface area contributed by atoms with Gasteiger partial charge in [0.1, 0.15) is 24.6 Å². The molecule has 0 spiro atoms. The second kappa shape index (κ2) is 8.24. The molecule has 2 saturated heterocycles. The van der Waals surface area contributed by atoms with Crippen molar-refractivity contribution >= 4 is 30.7 Å². The summed E-state index contributed by atoms with van der Waals surface area (Å²) in [6, 6.07) is -0.318. The number of fused-ring (bicyclic) bond motifs is 1. The van der Waals surface area contributed by atoms with Gasteiger partial charge in [-0.2, -0.15) is 0 Å². The van der Waals surface area contributed by atoms with Crippen LogP contribution in [-0.4, -0.2) is 82.9 Å². The van der Waals surface area contributed by atoms with Crippen molar-refractivity contribution in [3.63, 3.8) is 0 Å². The van der Waals surface area contributed by atoms with Crippen molar-refractivity contribution in [2.45, 2.75) is 43.4 Å². The lowest BCUT2D eigenvalue weighted by molar-refractivity contribution is -0.117. The van der Waals surface area contributed by atoms with Gasteiger partial charge in [0.25, 0.3) is 0 Å². The number of aliphatic hydroxyl groups is 2. The van der Waals surface area contributed by atoms with Gasteiger partial charge in [0.2, 0.25) is 5.91 Å². The third-order valence-electron chi connectivity index (χ3n) is 5.00. The number of imidazole rings is 1. The van der Waals surface area contributed by atoms with Crippen LogP contribution >= 0.6 is 7.82 Å². The zero-order valence-electron chi connectivity index (χ0n) is 15.5. The minimum Gasteiger partial charge on any atom is -0.387 e. The fraction of sp³-hybridized carbons (Fsp3) is 0.600. The van der Waals surface area contributed by atoms with Crippen LogP contribution in [0, 0.1) is 0 Å². The largest absolute Gasteiger partial charge is 0.469 e. The Labute approximate surface area is 169 Å². The minimum absolute atomic E-state index is 0.187. The van der Waals surface area contributed by atoms with Crippen molar-refractivity contribution in [2.75, 3.05) is 18.5 Å². The molecule has 1 amide bonds. The van der Waals surface area contributed by atoms with Crippen LogP contribution in [0.3, 0.4) is 0 Å². The standard InChI is InChI=1S/C15H21N6O8P/c22-10-8(4-28-30(25,26)27)29-15(11(10)23)21-6-19-9-12(17-5-18-13(9)21)20-14(24)7-2-1-3-16-7/h5-8,10-11,15-16,22-23H,1-4H2,(H2,25,26,27)(H,17,18,20,24)/t7-,8+,10+,11+,15+/m0/s1. The quantitative estimate of drug-likeness (QED) is 0.275. The molecule has 14 nitrogen and oxygen atoms in total. The molecule has 4 heterocycles. The molecular weight excluding hydrogens is 423 g/mol. The highest BCUT2D eigenvalue weighted by Crippen LogP contribution is 2.38. The number of carbonyl (C=O) groups excluding carboxylic acids is 1. The summed E-state index contributed by atoms with van der Waals surface area (Å²) in [5.41, 5.74) is 0.483. The second-order valence-electron chi connectivity index (χ2n) is 7.02. The van der Waals surface area contributed by atoms with E-state index in [1.807, 2.05) is 0 Å². The average Bonchev–Trinajstić information content (AvgIpc) is 3.41. The van der Waals surface area contributed by atoms with Gasteiger partial charge >= 0.3 is 7.82 Å². The van der Waals surface area contributed by atoms with E-state index in [-0.39, 0.29) is 28.9 Å². The van der Waals surface area contributed by atoms with E-state index >= 15 is 0 Å². The third kappa shape index (κ3) is 4.22. The molecule has 30 heavy (non-hydrogen) atoms. The van der Waals surface area contributed by atoms with Crippen LogP contribution in [0.25, 0.3) is 11.2 Å². The van der Waals surface area contributed by atoms with Gasteiger partial charge in [-0.15, -0.1) is 0 Å². The molecule has 0 unspecified atom stereocenters. The Morgan fingerprint density at radius 1 is 1.33 bits per heavy atom. The third-order valence-corrected chi connectivity index (χ3v) is 5.48. The van der Waals surface area contributed by atoms with E-state index in [2.05, 4.69) is 30.1 Å². The number of anilines is 1. The lowest BCUT2D eigenvalue weighted by atomic mass is 10.1. The lowest BCUT2D eigenvalue weighted by Gasteiger charge is -2.16. The highest BCUT2D eigenvalue weighted by molar-refractivity contribution is 7.46. The van der Waals surface area contributed by atoms with Crippen LogP contribution < -0.4 is 10.6 Å². The summed E-state index contributed by atoms with van der Waals surface area (Å²) >= 11 is 0. The number of aromatic nitrogens is 4. The number of phosphoric ester groups is 1. The predicted octanol–water partition coefficient (Wildman–Crippen LogP) is -1.75. The van der Waals surface area contributed by atoms with Crippen molar-refractivity contribution < 1.29 is 38.6 Å². The van der Waals surface area contributed by atoms with Crippen LogP contribution in [0.5, 0.6) is 0 Å². The van der Waals surface area contributed by atoms with Crippen LogP contribution in [0.15, 0.2) is 12.7 Å². The number of ether oxygens (including phenoxy) is 1. The highest BCUT2D eigenvalue weighted by Gasteiger charge is 2.45. The maximum Gasteiger partial charge on any atom is 0.469 e. The van der Waals surface area contributed by atoms with Crippen molar-refractivity contribution in [1.82, 2.24) is 24.8 Å². The number of hydrogen-bond acceptors (Lipinski definition) is 10. The van der Waals surface area contributed by atoms with E-state index in [1.165, 1.54) is 17.2 Å². The molecule has 0 radical (unpaired) electrons. The van der Waals surface area contributed by atoms with E-state index in [0.717, 1.165) is 13.0 Å². The smallest absolute Gasteiger partial charge is 0.387 e. The van der Waals surface area contributed by atoms with Crippen LogP contribution in [-0.2, 0) is 18.6 Å². The average molecular weight is 444 g/mol. The molecule has 0 bridgehead atoms. The second-order valence-corrected chi connectivity index (χ2v) is 8.26. The Kier molecular flexibility index (Phi) is 5.83. The summed E-state index contributed by atoms with van der Waals surface area (Å²) in [5, 5.41) is 26.3. The van der Waals surface area contributed by atoms with Crippen molar-refractivity contribution in [3.05, 3.63) is 12.7 Å². The molecule has 0 saturated carbocycles. The van der Waals surface area contributed by atoms with Crippen LogP contribution in [0.4, 0.5) is 5.82 Å². The normalized spacial score (nSPS) is 29.5. The van der Waals surface area contributed by atoms with E-state index in [4.69, 9.17) is 14.5 Å². The van der Waals surface area contributed by atoms with Gasteiger partial charge in [-0.05, 0) is 19.4 Å². The summed E-state index contributed by atoms with van der Waals surface area (Å²) in [7, 11) is -4.77. The number of phosphoric acid groups is 1. The Morgan fingerprint density at radius 2 is 2.13 bits per heavy atom. The Balaban J connectivity index is 1.55. The van der Waals surface area contributed by atoms with Gasteiger partial charge in [-0.1, -0.05) is 0 Å². The molecule has 0 aliphatic carbocycles. The monoisotopic (exact) mass is 444 g/mol. The molecule has 2 fully saturated rings. The summed E-state index contributed by atoms with van der Waals surface area (Å²) in [6.45, 7) is 0.133. The number of nitrogens with zero attached hydrogens (tertiary/aromatic N) is 4. The molecule has 15 heteroatoms. The van der Waals surface area contributed by atoms with Crippen LogP contribution in [0.1, 0.15) is 19.1 Å². The first-order valence-electron chi connectivity index (χ1n) is 9.18. The first kappa shape index (κ1) is 21.2. The highest BCUT2D eigenvalue weighted by atomic mass is 31.2. The SMILES string of the molecule is O=C(Nc1ncnc2c1ncn2[C@@H]1O[C@H](COP(=O)(O)O)[C@@H](O)[C@H]1O)[C@@H]1CCCN1. The molecule has 2 aliphatic rings. The van der Waals surface area contributed by atoms with Gasteiger partial charge in [-0.3, -0.25) is 13.9 Å². The van der Waals surface area contributed by atoms with E-state index in [1.54, 1.807) is 0 Å². The van der Waals surface area contributed by atoms with Gasteiger partial charge in [0.15, 0.2) is 23.2 Å². The predicted molar refractivity (Wildman–Crippen MR) is 98.9 cm³/mol. The zero-order chi connectivity index (χ0) is 21.5. The van der Waals surface area contributed by atoms with Crippen molar-refractivity contribution in [3.8, 4) is 0 Å². The Bertz CT molecular complexity index is 975. The summed E-state index contributed by atoms with van der Waals surface area (Å²) in [6.07, 6.45) is -1.11. The number of carbonyl (C=O) groups is 1. The summed E-state index contributed by atoms with van der Waals surface area (Å²) in [4.78, 5) is 42.4. The van der Waals surface area contributed by atoms with Crippen molar-refractivity contribution in [1.29, 1.82) is 0 Å². The number of rotatable bonds is 6. The molecule has 2 aromatic rings. The molecule has 4 rings (SSSR count). The zero-order valence-corrected chi connectivity index (χ0v) is 16.4. The molecule has 6 N–H and O–H groups in total. The first-order chi connectivity index (χ1) is 14.2. The number of amides is 1. The molecule has 2 aromatic heterocycles. The molecule has 2 aliphatic heterocycles.